The zero-order valence-corrected chi connectivity index (χ0v) is 18.3. The molecule has 3 heterocycles. The number of aromatic hydroxyl groups is 1. The number of anilines is 1. The highest BCUT2D eigenvalue weighted by Gasteiger charge is 2.19. The number of nitrogens with zero attached hydrogens (tertiary/aromatic N) is 3. The molecule has 0 bridgehead atoms. The zero-order chi connectivity index (χ0) is 22.3. The van der Waals surface area contributed by atoms with Crippen LogP contribution in [-0.2, 0) is 11.2 Å². The normalized spacial score (nSPS) is 11.9. The molecule has 0 unspecified atom stereocenters. The van der Waals surface area contributed by atoms with Crippen molar-refractivity contribution in [1.29, 1.82) is 0 Å². The fourth-order valence-electron chi connectivity index (χ4n) is 3.27. The number of thiophene rings is 1. The number of ether oxygens (including phenoxy) is 1. The predicted molar refractivity (Wildman–Crippen MR) is 124 cm³/mol. The molecule has 9 heteroatoms. The van der Waals surface area contributed by atoms with Gasteiger partial charge in [-0.25, -0.2) is 9.97 Å². The van der Waals surface area contributed by atoms with Gasteiger partial charge >= 0.3 is 0 Å². The number of hydrogen-bond donors (Lipinski definition) is 3. The van der Waals surface area contributed by atoms with E-state index in [0.717, 1.165) is 15.8 Å². The minimum Gasteiger partial charge on any atom is -0.508 e. The molecule has 32 heavy (non-hydrogen) atoms. The van der Waals surface area contributed by atoms with E-state index in [4.69, 9.17) is 4.74 Å². The number of benzene rings is 1. The molecule has 3 aromatic heterocycles. The van der Waals surface area contributed by atoms with Crippen LogP contribution in [0.4, 0.5) is 5.95 Å². The zero-order valence-electron chi connectivity index (χ0n) is 17.5. The van der Waals surface area contributed by atoms with Crippen LogP contribution >= 0.6 is 11.3 Å². The maximum absolute atomic E-state index is 12.9. The summed E-state index contributed by atoms with van der Waals surface area (Å²) in [5.74, 6) is 0.314. The molecule has 3 N–H and O–H groups in total. The van der Waals surface area contributed by atoms with E-state index in [0.29, 0.717) is 36.7 Å². The van der Waals surface area contributed by atoms with E-state index in [1.54, 1.807) is 31.6 Å². The van der Waals surface area contributed by atoms with Crippen LogP contribution in [0.3, 0.4) is 0 Å². The Balaban J connectivity index is 1.51. The lowest BCUT2D eigenvalue weighted by atomic mass is 10.1. The molecule has 1 amide bonds. The van der Waals surface area contributed by atoms with Gasteiger partial charge in [0.2, 0.25) is 5.95 Å². The Kier molecular flexibility index (Phi) is 6.88. The maximum Gasteiger partial charge on any atom is 0.271 e. The molecule has 0 saturated heterocycles. The SMILES string of the molecule is COC[C@@H](Nc1nc(C(=O)NCCc2ccc(O)cc2)c2sccc2n1)c1cccnc1. The summed E-state index contributed by atoms with van der Waals surface area (Å²) in [5, 5.41) is 17.5. The predicted octanol–water partition coefficient (Wildman–Crippen LogP) is 3.56. The molecule has 8 nitrogen and oxygen atoms in total. The van der Waals surface area contributed by atoms with E-state index < -0.39 is 0 Å². The Morgan fingerprint density at radius 1 is 1.19 bits per heavy atom. The van der Waals surface area contributed by atoms with E-state index in [2.05, 4.69) is 25.6 Å². The van der Waals surface area contributed by atoms with Crippen molar-refractivity contribution in [1.82, 2.24) is 20.3 Å². The maximum atomic E-state index is 12.9. The molecule has 0 aliphatic heterocycles. The number of aromatic nitrogens is 3. The summed E-state index contributed by atoms with van der Waals surface area (Å²) in [4.78, 5) is 26.2. The van der Waals surface area contributed by atoms with Crippen molar-refractivity contribution >= 4 is 33.4 Å². The summed E-state index contributed by atoms with van der Waals surface area (Å²) in [6.45, 7) is 0.843. The Morgan fingerprint density at radius 2 is 2.03 bits per heavy atom. The molecule has 4 aromatic rings. The number of phenols is 1. The van der Waals surface area contributed by atoms with Crippen molar-refractivity contribution in [3.63, 3.8) is 0 Å². The fourth-order valence-corrected chi connectivity index (χ4v) is 4.09. The summed E-state index contributed by atoms with van der Waals surface area (Å²) in [6.07, 6.45) is 4.12. The molecule has 0 spiro atoms. The minimum absolute atomic E-state index is 0.213. The first-order valence-electron chi connectivity index (χ1n) is 10.1. The van der Waals surface area contributed by atoms with Crippen LogP contribution in [0, 0.1) is 0 Å². The van der Waals surface area contributed by atoms with Crippen molar-refractivity contribution in [3.05, 3.63) is 77.1 Å². The van der Waals surface area contributed by atoms with Crippen molar-refractivity contribution in [2.75, 3.05) is 25.6 Å². The largest absolute Gasteiger partial charge is 0.508 e. The molecule has 1 aromatic carbocycles. The van der Waals surface area contributed by atoms with Gasteiger partial charge in [0.25, 0.3) is 5.91 Å². The van der Waals surface area contributed by atoms with Crippen molar-refractivity contribution < 1.29 is 14.6 Å². The monoisotopic (exact) mass is 449 g/mol. The summed E-state index contributed by atoms with van der Waals surface area (Å²) in [7, 11) is 1.63. The van der Waals surface area contributed by atoms with Gasteiger partial charge in [-0.3, -0.25) is 9.78 Å². The van der Waals surface area contributed by atoms with Crippen molar-refractivity contribution in [2.24, 2.45) is 0 Å². The first-order valence-corrected chi connectivity index (χ1v) is 11.0. The summed E-state index contributed by atoms with van der Waals surface area (Å²) in [5.41, 5.74) is 3.00. The third-order valence-electron chi connectivity index (χ3n) is 4.88. The molecule has 0 saturated carbocycles. The molecular weight excluding hydrogens is 426 g/mol. The second-order valence-electron chi connectivity index (χ2n) is 7.14. The Hall–Kier alpha value is -3.56. The summed E-state index contributed by atoms with van der Waals surface area (Å²) in [6, 6.07) is 12.4. The van der Waals surface area contributed by atoms with E-state index in [9.17, 15) is 9.90 Å². The van der Waals surface area contributed by atoms with E-state index in [1.807, 2.05) is 35.7 Å². The molecule has 0 radical (unpaired) electrons. The number of amides is 1. The fraction of sp³-hybridized carbons (Fsp3) is 0.217. The lowest BCUT2D eigenvalue weighted by Crippen LogP contribution is -2.27. The standard InChI is InChI=1S/C23H23N5O3S/c1-31-14-19(16-3-2-10-24-13-16)27-23-26-18-9-12-32-21(18)20(28-23)22(30)25-11-8-15-4-6-17(29)7-5-15/h2-7,9-10,12-13,19,29H,8,11,14H2,1H3,(H,25,30)(H,26,27,28)/t19-/m1/s1. The molecule has 164 valence electrons. The number of rotatable bonds is 9. The van der Waals surface area contributed by atoms with Gasteiger partial charge in [0.1, 0.15) is 5.75 Å². The number of carbonyl (C=O) groups excluding carboxylic acids is 1. The Labute approximate surface area is 189 Å². The number of methoxy groups -OCH3 is 1. The number of hydrogen-bond acceptors (Lipinski definition) is 8. The minimum atomic E-state index is -0.258. The third kappa shape index (κ3) is 5.19. The van der Waals surface area contributed by atoms with Crippen LogP contribution in [-0.4, -0.2) is 46.2 Å². The van der Waals surface area contributed by atoms with Crippen LogP contribution in [0.25, 0.3) is 10.2 Å². The first kappa shape index (κ1) is 21.7. The number of fused-ring (bicyclic) bond motifs is 1. The first-order chi connectivity index (χ1) is 15.6. The van der Waals surface area contributed by atoms with Crippen LogP contribution in [0.15, 0.2) is 60.2 Å². The number of pyridine rings is 1. The van der Waals surface area contributed by atoms with Gasteiger partial charge in [0, 0.05) is 26.0 Å². The van der Waals surface area contributed by atoms with Gasteiger partial charge in [-0.1, -0.05) is 18.2 Å². The van der Waals surface area contributed by atoms with Gasteiger partial charge in [0.15, 0.2) is 5.69 Å². The van der Waals surface area contributed by atoms with Gasteiger partial charge in [-0.05, 0) is 47.2 Å². The second kappa shape index (κ2) is 10.2. The number of carbonyl (C=O) groups is 1. The molecule has 0 aliphatic rings. The average Bonchev–Trinajstić information content (AvgIpc) is 3.29. The van der Waals surface area contributed by atoms with E-state index >= 15 is 0 Å². The van der Waals surface area contributed by atoms with Crippen molar-refractivity contribution in [3.8, 4) is 5.75 Å². The van der Waals surface area contributed by atoms with Gasteiger partial charge in [-0.15, -0.1) is 11.3 Å². The third-order valence-corrected chi connectivity index (χ3v) is 5.79. The van der Waals surface area contributed by atoms with Gasteiger partial charge in [0.05, 0.1) is 22.9 Å². The van der Waals surface area contributed by atoms with E-state index in [1.165, 1.54) is 11.3 Å². The highest BCUT2D eigenvalue weighted by molar-refractivity contribution is 7.17. The van der Waals surface area contributed by atoms with Crippen molar-refractivity contribution in [2.45, 2.75) is 12.5 Å². The molecule has 0 fully saturated rings. The molecule has 4 rings (SSSR count). The summed E-state index contributed by atoms with van der Waals surface area (Å²) >= 11 is 1.43. The van der Waals surface area contributed by atoms with Crippen LogP contribution in [0.1, 0.15) is 27.7 Å². The van der Waals surface area contributed by atoms with Gasteiger partial charge < -0.3 is 20.5 Å². The Bertz CT molecular complexity index is 1180. The molecular formula is C23H23N5O3S. The molecule has 1 atom stereocenters. The second-order valence-corrected chi connectivity index (χ2v) is 8.06. The highest BCUT2D eigenvalue weighted by Crippen LogP contribution is 2.25. The smallest absolute Gasteiger partial charge is 0.271 e. The quantitative estimate of drug-likeness (QED) is 0.358. The lowest BCUT2D eigenvalue weighted by Gasteiger charge is -2.18. The van der Waals surface area contributed by atoms with Crippen LogP contribution in [0.5, 0.6) is 5.75 Å². The van der Waals surface area contributed by atoms with Gasteiger partial charge in [-0.2, -0.15) is 0 Å². The van der Waals surface area contributed by atoms with Crippen LogP contribution in [0.2, 0.25) is 0 Å². The molecule has 0 aliphatic carbocycles. The number of nitrogens with one attached hydrogen (secondary N) is 2. The van der Waals surface area contributed by atoms with E-state index in [-0.39, 0.29) is 17.7 Å². The summed E-state index contributed by atoms with van der Waals surface area (Å²) < 4.78 is 6.08. The lowest BCUT2D eigenvalue weighted by molar-refractivity contribution is 0.0951. The highest BCUT2D eigenvalue weighted by atomic mass is 32.1. The topological polar surface area (TPSA) is 109 Å². The average molecular weight is 450 g/mol. The Morgan fingerprint density at radius 3 is 2.78 bits per heavy atom. The number of phenolic OH excluding ortho intramolecular Hbond substituents is 1. The van der Waals surface area contributed by atoms with Crippen LogP contribution < -0.4 is 10.6 Å².